The van der Waals surface area contributed by atoms with E-state index in [1.165, 1.54) is 0 Å². The van der Waals surface area contributed by atoms with E-state index < -0.39 is 5.60 Å². The third kappa shape index (κ3) is 1.95. The summed E-state index contributed by atoms with van der Waals surface area (Å²) in [6.07, 6.45) is 1.55. The number of aliphatic hydroxyl groups is 1. The van der Waals surface area contributed by atoms with Crippen LogP contribution in [0.15, 0.2) is 24.3 Å². The van der Waals surface area contributed by atoms with Crippen LogP contribution in [0.2, 0.25) is 0 Å². The first-order valence-electron chi connectivity index (χ1n) is 6.88. The number of likely N-dealkylation sites (N-methyl/N-ethyl adjacent to an activating group) is 1. The third-order valence-electron chi connectivity index (χ3n) is 4.91. The van der Waals surface area contributed by atoms with Gasteiger partial charge in [-0.05, 0) is 43.6 Å². The molecule has 0 aromatic heterocycles. The summed E-state index contributed by atoms with van der Waals surface area (Å²) >= 11 is 0. The molecule has 19 heavy (non-hydrogen) atoms. The fourth-order valence-corrected chi connectivity index (χ4v) is 3.80. The second-order valence-electron chi connectivity index (χ2n) is 5.88. The highest BCUT2D eigenvalue weighted by atomic mass is 16.5. The molecule has 0 amide bonds. The van der Waals surface area contributed by atoms with Crippen LogP contribution in [0.1, 0.15) is 18.4 Å². The molecule has 2 aliphatic rings. The van der Waals surface area contributed by atoms with Gasteiger partial charge in [0.1, 0.15) is 5.75 Å². The number of hydrogen-bond acceptors (Lipinski definition) is 4. The summed E-state index contributed by atoms with van der Waals surface area (Å²) in [6, 6.07) is 7.82. The Hall–Kier alpha value is -1.10. The van der Waals surface area contributed by atoms with Gasteiger partial charge in [-0.15, -0.1) is 0 Å². The first-order valence-corrected chi connectivity index (χ1v) is 6.88. The lowest BCUT2D eigenvalue weighted by atomic mass is 9.88. The van der Waals surface area contributed by atoms with Crippen molar-refractivity contribution >= 4 is 0 Å². The third-order valence-corrected chi connectivity index (χ3v) is 4.91. The van der Waals surface area contributed by atoms with Gasteiger partial charge in [0.25, 0.3) is 0 Å². The predicted molar refractivity (Wildman–Crippen MR) is 74.3 cm³/mol. The number of nitrogens with one attached hydrogen (secondary N) is 2. The van der Waals surface area contributed by atoms with E-state index in [1.54, 1.807) is 7.11 Å². The van der Waals surface area contributed by atoms with Gasteiger partial charge in [-0.1, -0.05) is 12.1 Å². The van der Waals surface area contributed by atoms with E-state index in [4.69, 9.17) is 4.74 Å². The van der Waals surface area contributed by atoms with Gasteiger partial charge in [0.05, 0.1) is 12.7 Å². The normalized spacial score (nSPS) is 37.3. The largest absolute Gasteiger partial charge is 0.497 e. The summed E-state index contributed by atoms with van der Waals surface area (Å²) in [6.45, 7) is 1.91. The number of benzene rings is 1. The Morgan fingerprint density at radius 3 is 3.00 bits per heavy atom. The summed E-state index contributed by atoms with van der Waals surface area (Å²) in [5.74, 6) is 1.29. The Labute approximate surface area is 114 Å². The molecule has 4 nitrogen and oxygen atoms in total. The van der Waals surface area contributed by atoms with E-state index in [-0.39, 0.29) is 5.54 Å². The van der Waals surface area contributed by atoms with Gasteiger partial charge in [0.2, 0.25) is 0 Å². The Kier molecular flexibility index (Phi) is 3.04. The van der Waals surface area contributed by atoms with Crippen LogP contribution in [0, 0.1) is 5.92 Å². The van der Waals surface area contributed by atoms with Crippen LogP contribution in [-0.4, -0.2) is 37.9 Å². The summed E-state index contributed by atoms with van der Waals surface area (Å²) in [4.78, 5) is 0. The van der Waals surface area contributed by atoms with Crippen molar-refractivity contribution in [2.45, 2.75) is 24.0 Å². The van der Waals surface area contributed by atoms with Crippen LogP contribution in [-0.2, 0) is 5.60 Å². The molecule has 3 N–H and O–H groups in total. The zero-order valence-corrected chi connectivity index (χ0v) is 11.6. The van der Waals surface area contributed by atoms with E-state index in [0.29, 0.717) is 5.92 Å². The Balaban J connectivity index is 1.92. The average Bonchev–Trinajstić information content (AvgIpc) is 2.93. The fraction of sp³-hybridized carbons (Fsp3) is 0.600. The molecule has 1 aliphatic heterocycles. The molecule has 104 valence electrons. The molecule has 3 atom stereocenters. The number of hydrogen-bond donors (Lipinski definition) is 3. The zero-order valence-electron chi connectivity index (χ0n) is 11.6. The van der Waals surface area contributed by atoms with E-state index in [0.717, 1.165) is 37.2 Å². The molecule has 2 fully saturated rings. The summed E-state index contributed by atoms with van der Waals surface area (Å²) in [5, 5.41) is 17.9. The molecular formula is C15H22N2O2. The molecule has 1 saturated carbocycles. The van der Waals surface area contributed by atoms with E-state index in [2.05, 4.69) is 10.6 Å². The Bertz CT molecular complexity index is 479. The van der Waals surface area contributed by atoms with Crippen LogP contribution >= 0.6 is 0 Å². The second-order valence-corrected chi connectivity index (χ2v) is 5.88. The highest BCUT2D eigenvalue weighted by Crippen LogP contribution is 2.49. The van der Waals surface area contributed by atoms with Crippen molar-refractivity contribution in [3.05, 3.63) is 29.8 Å². The van der Waals surface area contributed by atoms with Crippen LogP contribution in [0.25, 0.3) is 0 Å². The second kappa shape index (κ2) is 4.47. The van der Waals surface area contributed by atoms with Crippen molar-refractivity contribution in [2.24, 2.45) is 5.92 Å². The molecule has 1 aliphatic carbocycles. The molecule has 3 unspecified atom stereocenters. The van der Waals surface area contributed by atoms with Crippen molar-refractivity contribution in [1.82, 2.24) is 10.6 Å². The molecule has 1 saturated heterocycles. The zero-order chi connectivity index (χ0) is 13.5. The summed E-state index contributed by atoms with van der Waals surface area (Å²) < 4.78 is 5.27. The Morgan fingerprint density at radius 1 is 1.47 bits per heavy atom. The lowest BCUT2D eigenvalue weighted by Crippen LogP contribution is -2.48. The summed E-state index contributed by atoms with van der Waals surface area (Å²) in [5.41, 5.74) is 0.248. The monoisotopic (exact) mass is 262 g/mol. The first-order chi connectivity index (χ1) is 9.12. The minimum Gasteiger partial charge on any atom is -0.497 e. The summed E-state index contributed by atoms with van der Waals surface area (Å²) in [7, 11) is 3.66. The first kappa shape index (κ1) is 12.9. The van der Waals surface area contributed by atoms with Crippen LogP contribution in [0.3, 0.4) is 0 Å². The van der Waals surface area contributed by atoms with Crippen LogP contribution in [0.4, 0.5) is 0 Å². The maximum Gasteiger partial charge on any atom is 0.119 e. The minimum absolute atomic E-state index is 0.0256. The van der Waals surface area contributed by atoms with Crippen molar-refractivity contribution in [3.63, 3.8) is 0 Å². The van der Waals surface area contributed by atoms with Gasteiger partial charge in [-0.2, -0.15) is 0 Å². The van der Waals surface area contributed by atoms with E-state index >= 15 is 0 Å². The molecule has 4 heteroatoms. The fourth-order valence-electron chi connectivity index (χ4n) is 3.80. The predicted octanol–water partition coefficient (Wildman–Crippen LogP) is 0.854. The van der Waals surface area contributed by atoms with Crippen molar-refractivity contribution in [1.29, 1.82) is 0 Å². The Morgan fingerprint density at radius 2 is 2.32 bits per heavy atom. The minimum atomic E-state index is -0.746. The van der Waals surface area contributed by atoms with Crippen LogP contribution < -0.4 is 15.4 Å². The van der Waals surface area contributed by atoms with Gasteiger partial charge >= 0.3 is 0 Å². The lowest BCUT2D eigenvalue weighted by Gasteiger charge is -2.30. The standard InChI is InChI=1S/C15H22N2O2/c1-16-14-9-15(18,7-12(14)8-17-10-14)11-4-3-5-13(6-11)19-2/h3-6,12,16-18H,7-10H2,1-2H3. The number of ether oxygens (including phenoxy) is 1. The van der Waals surface area contributed by atoms with Gasteiger partial charge in [0.15, 0.2) is 0 Å². The van der Waals surface area contributed by atoms with Gasteiger partial charge in [0, 0.05) is 18.5 Å². The number of rotatable bonds is 3. The van der Waals surface area contributed by atoms with Crippen molar-refractivity contribution in [2.75, 3.05) is 27.2 Å². The molecular weight excluding hydrogens is 240 g/mol. The number of fused-ring (bicyclic) bond motifs is 1. The maximum atomic E-state index is 11.1. The smallest absolute Gasteiger partial charge is 0.119 e. The highest BCUT2D eigenvalue weighted by molar-refractivity contribution is 5.35. The quantitative estimate of drug-likeness (QED) is 0.756. The lowest BCUT2D eigenvalue weighted by molar-refractivity contribution is 0.0326. The van der Waals surface area contributed by atoms with Crippen LogP contribution in [0.5, 0.6) is 5.75 Å². The van der Waals surface area contributed by atoms with Crippen molar-refractivity contribution < 1.29 is 9.84 Å². The molecule has 1 heterocycles. The van der Waals surface area contributed by atoms with Gasteiger partial charge < -0.3 is 20.5 Å². The van der Waals surface area contributed by atoms with Crippen molar-refractivity contribution in [3.8, 4) is 5.75 Å². The topological polar surface area (TPSA) is 53.5 Å². The van der Waals surface area contributed by atoms with Gasteiger partial charge in [-0.25, -0.2) is 0 Å². The van der Waals surface area contributed by atoms with E-state index in [9.17, 15) is 5.11 Å². The number of methoxy groups -OCH3 is 1. The van der Waals surface area contributed by atoms with Gasteiger partial charge in [-0.3, -0.25) is 0 Å². The van der Waals surface area contributed by atoms with E-state index in [1.807, 2.05) is 31.3 Å². The molecule has 1 aromatic carbocycles. The molecule has 3 rings (SSSR count). The maximum absolute atomic E-state index is 11.1. The molecule has 1 aromatic rings. The highest BCUT2D eigenvalue weighted by Gasteiger charge is 2.56. The molecule has 0 radical (unpaired) electrons. The molecule has 0 bridgehead atoms. The average molecular weight is 262 g/mol. The molecule has 0 spiro atoms. The SMILES string of the molecule is CNC12CNCC1CC(O)(c1cccc(OC)c1)C2.